The van der Waals surface area contributed by atoms with Gasteiger partial charge in [-0.2, -0.15) is 0 Å². The third kappa shape index (κ3) is 4.45. The van der Waals surface area contributed by atoms with Crippen molar-refractivity contribution in [3.05, 3.63) is 65.1 Å². The molecule has 7 heteroatoms. The molecule has 2 heterocycles. The average molecular weight is 401 g/mol. The van der Waals surface area contributed by atoms with Crippen LogP contribution in [0.2, 0.25) is 0 Å². The van der Waals surface area contributed by atoms with Gasteiger partial charge in [-0.15, -0.1) is 0 Å². The second-order valence-corrected chi connectivity index (χ2v) is 7.89. The van der Waals surface area contributed by atoms with Crippen molar-refractivity contribution in [1.29, 1.82) is 0 Å². The van der Waals surface area contributed by atoms with Crippen LogP contribution in [0.3, 0.4) is 0 Å². The number of hydrogen-bond donors (Lipinski definition) is 1. The van der Waals surface area contributed by atoms with Crippen molar-refractivity contribution in [2.75, 3.05) is 6.54 Å². The van der Waals surface area contributed by atoms with Gasteiger partial charge in [0.2, 0.25) is 0 Å². The first-order valence-corrected chi connectivity index (χ1v) is 9.50. The zero-order valence-corrected chi connectivity index (χ0v) is 16.8. The maximum atomic E-state index is 13.9. The number of benzene rings is 1. The van der Waals surface area contributed by atoms with Crippen LogP contribution in [0, 0.1) is 24.0 Å². The molecular formula is C22H25F2N3O2. The van der Waals surface area contributed by atoms with Gasteiger partial charge in [0.1, 0.15) is 23.9 Å². The Bertz CT molecular complexity index is 1020. The van der Waals surface area contributed by atoms with Crippen LogP contribution in [0.25, 0.3) is 5.65 Å². The number of ether oxygens (including phenoxy) is 1. The van der Waals surface area contributed by atoms with Gasteiger partial charge in [-0.1, -0.05) is 19.9 Å². The summed E-state index contributed by atoms with van der Waals surface area (Å²) in [7, 11) is 0. The molecule has 0 bridgehead atoms. The van der Waals surface area contributed by atoms with Crippen molar-refractivity contribution in [3.63, 3.8) is 0 Å². The number of aryl methyl sites for hydroxylation is 1. The van der Waals surface area contributed by atoms with Gasteiger partial charge in [-0.25, -0.2) is 13.8 Å². The van der Waals surface area contributed by atoms with Gasteiger partial charge in [-0.3, -0.25) is 9.20 Å². The lowest BCUT2D eigenvalue weighted by Crippen LogP contribution is -2.24. The van der Waals surface area contributed by atoms with Crippen LogP contribution in [0.4, 0.5) is 8.78 Å². The Hall–Kier alpha value is -2.80. The molecule has 154 valence electrons. The Kier molecular flexibility index (Phi) is 5.98. The summed E-state index contributed by atoms with van der Waals surface area (Å²) in [5, 5.41) is 0. The summed E-state index contributed by atoms with van der Waals surface area (Å²) in [6.45, 7) is 6.02. The van der Waals surface area contributed by atoms with Gasteiger partial charge < -0.3 is 10.5 Å². The average Bonchev–Trinajstić information content (AvgIpc) is 3.02. The van der Waals surface area contributed by atoms with Crippen LogP contribution in [-0.2, 0) is 6.61 Å². The number of carbonyl (C=O) groups excluding carboxylic acids is 1. The van der Waals surface area contributed by atoms with E-state index in [-0.39, 0.29) is 23.4 Å². The van der Waals surface area contributed by atoms with Crippen LogP contribution >= 0.6 is 0 Å². The number of nitrogens with zero attached hydrogens (tertiary/aromatic N) is 2. The molecular weight excluding hydrogens is 376 g/mol. The third-order valence-electron chi connectivity index (χ3n) is 5.07. The van der Waals surface area contributed by atoms with E-state index in [9.17, 15) is 13.6 Å². The first-order valence-electron chi connectivity index (χ1n) is 9.50. The summed E-state index contributed by atoms with van der Waals surface area (Å²) in [6, 6.07) is 7.04. The highest BCUT2D eigenvalue weighted by Crippen LogP contribution is 2.27. The number of imidazole rings is 1. The lowest BCUT2D eigenvalue weighted by molar-refractivity contribution is 0.0958. The van der Waals surface area contributed by atoms with Crippen molar-refractivity contribution in [2.45, 2.75) is 40.2 Å². The lowest BCUT2D eigenvalue weighted by Gasteiger charge is -2.21. The molecule has 5 nitrogen and oxygen atoms in total. The minimum absolute atomic E-state index is 0.0335. The summed E-state index contributed by atoms with van der Waals surface area (Å²) in [5.41, 5.74) is 6.97. The van der Waals surface area contributed by atoms with E-state index in [1.54, 1.807) is 29.7 Å². The fourth-order valence-electron chi connectivity index (χ4n) is 3.10. The minimum Gasteiger partial charge on any atom is -0.485 e. The van der Waals surface area contributed by atoms with E-state index >= 15 is 0 Å². The van der Waals surface area contributed by atoms with Crippen molar-refractivity contribution in [2.24, 2.45) is 11.1 Å². The van der Waals surface area contributed by atoms with Gasteiger partial charge in [0.15, 0.2) is 17.2 Å². The number of Topliss-reactive ketones (excluding diaryl/α,β-unsaturated/α-hetero) is 1. The molecule has 3 rings (SSSR count). The number of aromatic nitrogens is 2. The Morgan fingerprint density at radius 1 is 1.21 bits per heavy atom. The molecule has 2 aromatic heterocycles. The number of rotatable bonds is 8. The van der Waals surface area contributed by atoms with Gasteiger partial charge >= 0.3 is 0 Å². The predicted molar refractivity (Wildman–Crippen MR) is 107 cm³/mol. The summed E-state index contributed by atoms with van der Waals surface area (Å²) in [4.78, 5) is 17.3. The number of fused-ring (bicyclic) bond motifs is 1. The van der Waals surface area contributed by atoms with Crippen LogP contribution in [0.5, 0.6) is 5.75 Å². The van der Waals surface area contributed by atoms with Crippen molar-refractivity contribution >= 4 is 11.4 Å². The molecule has 0 aliphatic carbocycles. The largest absolute Gasteiger partial charge is 0.485 e. The smallest absolute Gasteiger partial charge is 0.181 e. The summed E-state index contributed by atoms with van der Waals surface area (Å²) < 4.78 is 35.0. The summed E-state index contributed by atoms with van der Waals surface area (Å²) in [5.74, 6) is -1.03. The topological polar surface area (TPSA) is 69.6 Å². The van der Waals surface area contributed by atoms with Gasteiger partial charge in [-0.05, 0) is 49.6 Å². The molecule has 29 heavy (non-hydrogen) atoms. The summed E-state index contributed by atoms with van der Waals surface area (Å²) >= 11 is 0. The number of halogens is 2. The molecule has 0 saturated carbocycles. The maximum Gasteiger partial charge on any atom is 0.181 e. The highest BCUT2D eigenvalue weighted by atomic mass is 19.1. The van der Waals surface area contributed by atoms with E-state index in [1.165, 1.54) is 18.2 Å². The van der Waals surface area contributed by atoms with E-state index in [4.69, 9.17) is 10.5 Å². The quantitative estimate of drug-likeness (QED) is 0.566. The van der Waals surface area contributed by atoms with E-state index in [2.05, 4.69) is 4.98 Å². The first-order chi connectivity index (χ1) is 13.7. The molecule has 0 spiro atoms. The normalized spacial score (nSPS) is 11.8. The number of nitrogens with two attached hydrogens (primary N) is 1. The molecule has 1 aromatic carbocycles. The Balaban J connectivity index is 1.87. The Morgan fingerprint density at radius 3 is 2.55 bits per heavy atom. The molecule has 0 aliphatic rings. The van der Waals surface area contributed by atoms with E-state index in [1.807, 2.05) is 13.8 Å². The minimum atomic E-state index is -0.671. The van der Waals surface area contributed by atoms with Gasteiger partial charge in [0.05, 0.1) is 11.3 Å². The van der Waals surface area contributed by atoms with Gasteiger partial charge in [0.25, 0.3) is 0 Å². The van der Waals surface area contributed by atoms with Crippen molar-refractivity contribution in [1.82, 2.24) is 9.38 Å². The molecule has 0 unspecified atom stereocenters. The van der Waals surface area contributed by atoms with E-state index in [0.29, 0.717) is 42.2 Å². The highest BCUT2D eigenvalue weighted by molar-refractivity contribution is 5.96. The number of pyridine rings is 1. The fraction of sp³-hybridized carbons (Fsp3) is 0.364. The number of hydrogen-bond acceptors (Lipinski definition) is 4. The van der Waals surface area contributed by atoms with Crippen LogP contribution in [0.1, 0.15) is 48.4 Å². The molecule has 0 aliphatic heterocycles. The predicted octanol–water partition coefficient (Wildman–Crippen LogP) is 4.45. The number of carbonyl (C=O) groups is 1. The van der Waals surface area contributed by atoms with Crippen LogP contribution in [0.15, 0.2) is 36.5 Å². The number of ketones is 1. The van der Waals surface area contributed by atoms with Crippen LogP contribution < -0.4 is 10.5 Å². The molecule has 0 fully saturated rings. The SMILES string of the molecule is Cc1nc2c(OCc3c(F)cccc3F)cccn2c1C(=O)CCC(C)(C)CN. The molecule has 3 aromatic rings. The van der Waals surface area contributed by atoms with Crippen molar-refractivity contribution < 1.29 is 18.3 Å². The molecule has 0 radical (unpaired) electrons. The van der Waals surface area contributed by atoms with Crippen LogP contribution in [-0.4, -0.2) is 21.7 Å². The molecule has 2 N–H and O–H groups in total. The zero-order valence-electron chi connectivity index (χ0n) is 16.8. The second-order valence-electron chi connectivity index (χ2n) is 7.89. The lowest BCUT2D eigenvalue weighted by atomic mass is 9.87. The Morgan fingerprint density at radius 2 is 1.90 bits per heavy atom. The van der Waals surface area contributed by atoms with E-state index < -0.39 is 11.6 Å². The molecule has 0 amide bonds. The first kappa shape index (κ1) is 20.9. The summed E-state index contributed by atoms with van der Waals surface area (Å²) in [6.07, 6.45) is 2.75. The second kappa shape index (κ2) is 8.29. The zero-order chi connectivity index (χ0) is 21.2. The highest BCUT2D eigenvalue weighted by Gasteiger charge is 2.22. The molecule has 0 atom stereocenters. The molecule has 0 saturated heterocycles. The monoisotopic (exact) mass is 401 g/mol. The fourth-order valence-corrected chi connectivity index (χ4v) is 3.10. The maximum absolute atomic E-state index is 13.9. The Labute approximate surface area is 168 Å². The third-order valence-corrected chi connectivity index (χ3v) is 5.07. The van der Waals surface area contributed by atoms with Gasteiger partial charge in [0, 0.05) is 12.6 Å². The van der Waals surface area contributed by atoms with Crippen molar-refractivity contribution in [3.8, 4) is 5.75 Å². The standard InChI is InChI=1S/C22H25F2N3O2/c1-14-20(18(28)9-10-22(2,3)13-25)27-11-5-8-19(21(27)26-14)29-12-15-16(23)6-4-7-17(15)24/h4-8,11H,9-10,12-13,25H2,1-3H3. The van der Waals surface area contributed by atoms with E-state index in [0.717, 1.165) is 0 Å².